The van der Waals surface area contributed by atoms with Crippen molar-refractivity contribution in [3.8, 4) is 17.1 Å². The number of hydrogen-bond donors (Lipinski definition) is 0. The summed E-state index contributed by atoms with van der Waals surface area (Å²) in [6, 6.07) is 13.6. The Morgan fingerprint density at radius 1 is 1.25 bits per heavy atom. The molecule has 2 aromatic carbocycles. The van der Waals surface area contributed by atoms with Gasteiger partial charge in [0, 0.05) is 22.9 Å². The van der Waals surface area contributed by atoms with Gasteiger partial charge in [-0.05, 0) is 42.8 Å². The Kier molecular flexibility index (Phi) is 5.34. The highest BCUT2D eigenvalue weighted by molar-refractivity contribution is 8.00. The molecule has 1 aromatic heterocycles. The topological polar surface area (TPSA) is 61.6 Å². The van der Waals surface area contributed by atoms with Crippen LogP contribution in [-0.4, -0.2) is 23.0 Å². The monoisotopic (exact) mass is 399 g/mol. The van der Waals surface area contributed by atoms with Crippen molar-refractivity contribution in [2.24, 2.45) is 0 Å². The molecule has 0 fully saturated rings. The first-order valence-corrected chi connectivity index (χ1v) is 9.85. The van der Waals surface area contributed by atoms with Crippen LogP contribution < -0.4 is 4.74 Å². The van der Waals surface area contributed by atoms with Crippen LogP contribution in [0.25, 0.3) is 11.3 Å². The molecule has 4 rings (SSSR count). The summed E-state index contributed by atoms with van der Waals surface area (Å²) in [5, 5.41) is 3.96. The van der Waals surface area contributed by atoms with Crippen LogP contribution >= 0.6 is 11.8 Å². The van der Waals surface area contributed by atoms with E-state index >= 15 is 0 Å². The minimum absolute atomic E-state index is 0.0325. The van der Waals surface area contributed by atoms with Crippen LogP contribution in [0.4, 0.5) is 4.39 Å². The third-order valence-corrected chi connectivity index (χ3v) is 5.28. The molecule has 144 valence electrons. The molecule has 2 heterocycles. The third kappa shape index (κ3) is 4.36. The molecule has 1 aliphatic rings. The summed E-state index contributed by atoms with van der Waals surface area (Å²) in [6.07, 6.45) is 1.09. The number of rotatable bonds is 6. The number of hydrogen-bond acceptors (Lipinski definition) is 6. The average molecular weight is 399 g/mol. The molecule has 0 N–H and O–H groups in total. The number of nitrogens with zero attached hydrogens (tertiary/aromatic N) is 1. The van der Waals surface area contributed by atoms with Gasteiger partial charge < -0.3 is 14.0 Å². The van der Waals surface area contributed by atoms with Crippen LogP contribution in [-0.2, 0) is 22.6 Å². The fourth-order valence-electron chi connectivity index (χ4n) is 2.94. The number of aromatic nitrogens is 1. The van der Waals surface area contributed by atoms with Crippen molar-refractivity contribution in [3.05, 3.63) is 65.6 Å². The van der Waals surface area contributed by atoms with E-state index in [1.54, 1.807) is 18.2 Å². The lowest BCUT2D eigenvalue weighted by Gasteiger charge is -2.03. The molecule has 0 amide bonds. The maximum absolute atomic E-state index is 12.9. The van der Waals surface area contributed by atoms with Gasteiger partial charge in [0.05, 0.1) is 5.75 Å². The van der Waals surface area contributed by atoms with Crippen molar-refractivity contribution in [3.63, 3.8) is 0 Å². The number of thioether (sulfide) groups is 1. The molecule has 3 aromatic rings. The highest BCUT2D eigenvalue weighted by Crippen LogP contribution is 2.33. The van der Waals surface area contributed by atoms with E-state index < -0.39 is 0 Å². The molecule has 0 radical (unpaired) electrons. The second-order valence-electron chi connectivity index (χ2n) is 6.54. The zero-order valence-corrected chi connectivity index (χ0v) is 16.0. The highest BCUT2D eigenvalue weighted by Gasteiger charge is 2.20. The van der Waals surface area contributed by atoms with Crippen LogP contribution in [0.2, 0.25) is 0 Å². The molecule has 0 aliphatic carbocycles. The molecule has 28 heavy (non-hydrogen) atoms. The number of fused-ring (bicyclic) bond motifs is 1. The molecule has 1 aliphatic heterocycles. The minimum Gasteiger partial charge on any atom is -0.490 e. The van der Waals surface area contributed by atoms with Crippen molar-refractivity contribution >= 4 is 17.7 Å². The average Bonchev–Trinajstić information content (AvgIpc) is 3.30. The first kappa shape index (κ1) is 18.6. The molecule has 0 bridgehead atoms. The smallest absolute Gasteiger partial charge is 0.316 e. The molecule has 1 unspecified atom stereocenters. The van der Waals surface area contributed by atoms with Gasteiger partial charge in [0.2, 0.25) is 0 Å². The van der Waals surface area contributed by atoms with E-state index in [1.807, 2.05) is 25.1 Å². The van der Waals surface area contributed by atoms with E-state index in [0.29, 0.717) is 11.5 Å². The molecule has 1 atom stereocenters. The van der Waals surface area contributed by atoms with E-state index in [-0.39, 0.29) is 30.3 Å². The van der Waals surface area contributed by atoms with Crippen LogP contribution in [0.15, 0.2) is 57.9 Å². The van der Waals surface area contributed by atoms with Gasteiger partial charge in [-0.1, -0.05) is 17.3 Å². The first-order chi connectivity index (χ1) is 13.6. The van der Waals surface area contributed by atoms with Crippen molar-refractivity contribution < 1.29 is 23.2 Å². The standard InChI is InChI=1S/C21H18FNO4S/c1-13-8-14-2-3-15(9-19(14)26-13)20-10-17(23-27-20)11-25-21(24)12-28-18-6-4-16(22)5-7-18/h2-7,9-10,13H,8,11-12H2,1H3. The van der Waals surface area contributed by atoms with Gasteiger partial charge in [0.25, 0.3) is 0 Å². The van der Waals surface area contributed by atoms with Crippen molar-refractivity contribution in [1.29, 1.82) is 0 Å². The summed E-state index contributed by atoms with van der Waals surface area (Å²) in [6.45, 7) is 2.07. The van der Waals surface area contributed by atoms with E-state index in [9.17, 15) is 9.18 Å². The Bertz CT molecular complexity index is 986. The molecule has 5 nitrogen and oxygen atoms in total. The summed E-state index contributed by atoms with van der Waals surface area (Å²) < 4.78 is 29.2. The largest absolute Gasteiger partial charge is 0.490 e. The Morgan fingerprint density at radius 3 is 2.89 bits per heavy atom. The number of benzene rings is 2. The van der Waals surface area contributed by atoms with Crippen LogP contribution in [0.5, 0.6) is 5.75 Å². The van der Waals surface area contributed by atoms with E-state index in [4.69, 9.17) is 14.0 Å². The van der Waals surface area contributed by atoms with Gasteiger partial charge in [-0.15, -0.1) is 11.8 Å². The minimum atomic E-state index is -0.376. The molecular weight excluding hydrogens is 381 g/mol. The second-order valence-corrected chi connectivity index (χ2v) is 7.59. The molecule has 0 spiro atoms. The Morgan fingerprint density at radius 2 is 2.07 bits per heavy atom. The molecule has 7 heteroatoms. The van der Waals surface area contributed by atoms with Gasteiger partial charge in [-0.2, -0.15) is 0 Å². The van der Waals surface area contributed by atoms with Gasteiger partial charge in [0.15, 0.2) is 5.76 Å². The summed E-state index contributed by atoms with van der Waals surface area (Å²) in [5.74, 6) is 0.915. The van der Waals surface area contributed by atoms with Crippen LogP contribution in [0.3, 0.4) is 0 Å². The third-order valence-electron chi connectivity index (χ3n) is 4.30. The van der Waals surface area contributed by atoms with Crippen molar-refractivity contribution in [1.82, 2.24) is 5.16 Å². The highest BCUT2D eigenvalue weighted by atomic mass is 32.2. The van der Waals surface area contributed by atoms with E-state index in [1.165, 1.54) is 29.5 Å². The molecular formula is C21H18FNO4S. The van der Waals surface area contributed by atoms with Crippen molar-refractivity contribution in [2.75, 3.05) is 5.75 Å². The van der Waals surface area contributed by atoms with Gasteiger partial charge in [-0.3, -0.25) is 4.79 Å². The van der Waals surface area contributed by atoms with E-state index in [2.05, 4.69) is 5.16 Å². The maximum Gasteiger partial charge on any atom is 0.316 e. The summed E-state index contributed by atoms with van der Waals surface area (Å²) in [7, 11) is 0. The fourth-order valence-corrected chi connectivity index (χ4v) is 3.64. The Hall–Kier alpha value is -2.80. The predicted molar refractivity (Wildman–Crippen MR) is 103 cm³/mol. The quantitative estimate of drug-likeness (QED) is 0.445. The summed E-state index contributed by atoms with van der Waals surface area (Å²) >= 11 is 1.29. The molecule has 0 saturated carbocycles. The number of esters is 1. The lowest BCUT2D eigenvalue weighted by Crippen LogP contribution is -2.07. The first-order valence-electron chi connectivity index (χ1n) is 8.86. The van der Waals surface area contributed by atoms with Gasteiger partial charge in [0.1, 0.15) is 30.0 Å². The van der Waals surface area contributed by atoms with Gasteiger partial charge >= 0.3 is 5.97 Å². The van der Waals surface area contributed by atoms with E-state index in [0.717, 1.165) is 22.6 Å². The lowest BCUT2D eigenvalue weighted by molar-refractivity contribution is -0.141. The van der Waals surface area contributed by atoms with Gasteiger partial charge in [-0.25, -0.2) is 4.39 Å². The fraction of sp³-hybridized carbons (Fsp3) is 0.238. The number of carbonyl (C=O) groups is 1. The zero-order valence-electron chi connectivity index (χ0n) is 15.2. The Balaban J connectivity index is 1.31. The number of halogens is 1. The number of ether oxygens (including phenoxy) is 2. The SMILES string of the molecule is CC1Cc2ccc(-c3cc(COC(=O)CSc4ccc(F)cc4)no3)cc2O1. The van der Waals surface area contributed by atoms with Crippen molar-refractivity contribution in [2.45, 2.75) is 31.0 Å². The maximum atomic E-state index is 12.9. The predicted octanol–water partition coefficient (Wildman–Crippen LogP) is 4.64. The number of carbonyl (C=O) groups excluding carboxylic acids is 1. The second kappa shape index (κ2) is 8.06. The van der Waals surface area contributed by atoms with Crippen LogP contribution in [0, 0.1) is 5.82 Å². The zero-order chi connectivity index (χ0) is 19.5. The lowest BCUT2D eigenvalue weighted by atomic mass is 10.1. The molecule has 0 saturated heterocycles. The normalized spacial score (nSPS) is 15.1. The summed E-state index contributed by atoms with van der Waals surface area (Å²) in [4.78, 5) is 12.7. The summed E-state index contributed by atoms with van der Waals surface area (Å²) in [5.41, 5.74) is 2.58. The van der Waals surface area contributed by atoms with Crippen LogP contribution in [0.1, 0.15) is 18.2 Å². The Labute approximate surface area is 165 Å².